The Balaban J connectivity index is 0.00000196. The molecule has 4 heteroatoms. The summed E-state index contributed by atoms with van der Waals surface area (Å²) < 4.78 is 1.42. The van der Waals surface area contributed by atoms with Crippen LogP contribution in [0.1, 0.15) is 27.3 Å². The molecule has 0 aliphatic rings. The molecule has 0 aromatic carbocycles. The zero-order chi connectivity index (χ0) is 10.7. The van der Waals surface area contributed by atoms with Crippen LogP contribution < -0.4 is 10.9 Å². The summed E-state index contributed by atoms with van der Waals surface area (Å²) in [6.07, 6.45) is 1.62. The van der Waals surface area contributed by atoms with Gasteiger partial charge in [0.2, 0.25) is 0 Å². The van der Waals surface area contributed by atoms with Crippen molar-refractivity contribution in [2.45, 2.75) is 27.3 Å². The van der Waals surface area contributed by atoms with Crippen molar-refractivity contribution in [3.05, 3.63) is 28.7 Å². The second-order valence-corrected chi connectivity index (χ2v) is 3.17. The maximum atomic E-state index is 11.7. The lowest BCUT2D eigenvalue weighted by Crippen LogP contribution is -2.27. The molecule has 1 aromatic rings. The largest absolute Gasteiger partial charge is 0.384 e. The van der Waals surface area contributed by atoms with E-state index in [0.29, 0.717) is 5.69 Å². The van der Waals surface area contributed by atoms with Crippen molar-refractivity contribution in [3.63, 3.8) is 0 Å². The van der Waals surface area contributed by atoms with Gasteiger partial charge in [-0.05, 0) is 26.0 Å². The van der Waals surface area contributed by atoms with Gasteiger partial charge in [0.25, 0.3) is 5.56 Å². The number of pyridine rings is 1. The minimum Gasteiger partial charge on any atom is -0.384 e. The number of nitrogens with zero attached hydrogens (tertiary/aromatic N) is 1. The highest BCUT2D eigenvalue weighted by molar-refractivity contribution is 5.79. The molecule has 0 spiro atoms. The van der Waals surface area contributed by atoms with E-state index in [4.69, 9.17) is 0 Å². The van der Waals surface area contributed by atoms with Crippen LogP contribution >= 0.6 is 0 Å². The summed E-state index contributed by atoms with van der Waals surface area (Å²) in [5.74, 6) is -0.0275. The van der Waals surface area contributed by atoms with Gasteiger partial charge in [-0.25, -0.2) is 0 Å². The third kappa shape index (κ3) is 2.68. The number of Topliss-reactive ketones (excluding diaryl/α,β-unsaturated/α-hetero) is 1. The monoisotopic (exact) mass is 210 g/mol. The van der Waals surface area contributed by atoms with Crippen molar-refractivity contribution < 1.29 is 4.79 Å². The maximum Gasteiger partial charge on any atom is 0.274 e. The van der Waals surface area contributed by atoms with E-state index < -0.39 is 6.04 Å². The molecular formula is C11H18N2O2. The molecule has 1 rings (SSSR count). The average Bonchev–Trinajstić information content (AvgIpc) is 2.17. The van der Waals surface area contributed by atoms with Crippen LogP contribution in [0.5, 0.6) is 0 Å². The van der Waals surface area contributed by atoms with Gasteiger partial charge in [0.05, 0.1) is 6.04 Å². The van der Waals surface area contributed by atoms with Gasteiger partial charge < -0.3 is 9.88 Å². The van der Waals surface area contributed by atoms with E-state index in [1.54, 1.807) is 32.3 Å². The van der Waals surface area contributed by atoms with Gasteiger partial charge in [-0.2, -0.15) is 0 Å². The fraction of sp³-hybridized carbons (Fsp3) is 0.455. The van der Waals surface area contributed by atoms with Crippen LogP contribution in [0.25, 0.3) is 0 Å². The lowest BCUT2D eigenvalue weighted by Gasteiger charge is -2.12. The third-order valence-electron chi connectivity index (χ3n) is 2.25. The van der Waals surface area contributed by atoms with E-state index in [1.807, 2.05) is 0 Å². The number of nitrogens with one attached hydrogen (secondary N) is 1. The zero-order valence-electron chi connectivity index (χ0n) is 8.57. The molecule has 0 aliphatic carbocycles. The summed E-state index contributed by atoms with van der Waals surface area (Å²) in [7, 11) is 1.68. The predicted molar refractivity (Wildman–Crippen MR) is 62.4 cm³/mol. The molecule has 0 bridgehead atoms. The van der Waals surface area contributed by atoms with Crippen molar-refractivity contribution in [1.29, 1.82) is 0 Å². The van der Waals surface area contributed by atoms with Gasteiger partial charge in [-0.3, -0.25) is 9.59 Å². The highest BCUT2D eigenvalue weighted by Gasteiger charge is 2.12. The molecule has 0 saturated heterocycles. The first kappa shape index (κ1) is 13.4. The summed E-state index contributed by atoms with van der Waals surface area (Å²) in [6, 6.07) is 3.02. The molecule has 4 nitrogen and oxygen atoms in total. The SMILES string of the molecule is C.CNc1cccn(C(C)C(C)=O)c1=O. The summed E-state index contributed by atoms with van der Waals surface area (Å²) in [5, 5.41) is 2.78. The van der Waals surface area contributed by atoms with Crippen molar-refractivity contribution in [2.75, 3.05) is 12.4 Å². The number of hydrogen-bond acceptors (Lipinski definition) is 3. The minimum absolute atomic E-state index is 0. The van der Waals surface area contributed by atoms with Crippen molar-refractivity contribution in [1.82, 2.24) is 4.57 Å². The molecule has 0 saturated carbocycles. The normalized spacial score (nSPS) is 11.4. The van der Waals surface area contributed by atoms with Crippen LogP contribution in [0.4, 0.5) is 5.69 Å². The lowest BCUT2D eigenvalue weighted by molar-refractivity contribution is -0.119. The van der Waals surface area contributed by atoms with Crippen LogP contribution in [0.2, 0.25) is 0 Å². The Bertz CT molecular complexity index is 396. The van der Waals surface area contributed by atoms with E-state index >= 15 is 0 Å². The molecule has 0 radical (unpaired) electrons. The minimum atomic E-state index is -0.407. The molecular weight excluding hydrogens is 192 g/mol. The van der Waals surface area contributed by atoms with Crippen molar-refractivity contribution >= 4 is 11.5 Å². The van der Waals surface area contributed by atoms with E-state index in [2.05, 4.69) is 5.32 Å². The predicted octanol–water partition coefficient (Wildman–Crippen LogP) is 1.68. The Morgan fingerprint density at radius 2 is 2.13 bits per heavy atom. The van der Waals surface area contributed by atoms with Crippen LogP contribution in [0.3, 0.4) is 0 Å². The average molecular weight is 210 g/mol. The van der Waals surface area contributed by atoms with Crippen molar-refractivity contribution in [3.8, 4) is 0 Å². The number of ketones is 1. The first-order valence-electron chi connectivity index (χ1n) is 4.47. The van der Waals surface area contributed by atoms with Crippen LogP contribution in [0.15, 0.2) is 23.1 Å². The lowest BCUT2D eigenvalue weighted by atomic mass is 10.2. The van der Waals surface area contributed by atoms with Gasteiger partial charge in [-0.15, -0.1) is 0 Å². The van der Waals surface area contributed by atoms with Crippen LogP contribution in [-0.2, 0) is 4.79 Å². The third-order valence-corrected chi connectivity index (χ3v) is 2.25. The Morgan fingerprint density at radius 3 is 2.60 bits per heavy atom. The van der Waals surface area contributed by atoms with Gasteiger partial charge in [0.1, 0.15) is 5.69 Å². The topological polar surface area (TPSA) is 51.1 Å². The standard InChI is InChI=1S/C10H14N2O2.CH4/c1-7(8(2)13)12-6-4-5-9(11-3)10(12)14;/h4-7,11H,1-3H3;1H4. The van der Waals surface area contributed by atoms with Crippen LogP contribution in [-0.4, -0.2) is 17.4 Å². The number of rotatable bonds is 3. The molecule has 0 fully saturated rings. The molecule has 1 atom stereocenters. The first-order chi connectivity index (χ1) is 6.57. The Morgan fingerprint density at radius 1 is 1.53 bits per heavy atom. The Labute approximate surface area is 89.9 Å². The summed E-state index contributed by atoms with van der Waals surface area (Å²) >= 11 is 0. The van der Waals surface area contributed by atoms with Gasteiger partial charge >= 0.3 is 0 Å². The molecule has 1 aromatic heterocycles. The highest BCUT2D eigenvalue weighted by atomic mass is 16.1. The van der Waals surface area contributed by atoms with E-state index in [0.717, 1.165) is 0 Å². The number of hydrogen-bond donors (Lipinski definition) is 1. The smallest absolute Gasteiger partial charge is 0.274 e. The van der Waals surface area contributed by atoms with Gasteiger partial charge in [0, 0.05) is 13.2 Å². The molecule has 1 unspecified atom stereocenters. The van der Waals surface area contributed by atoms with Gasteiger partial charge in [-0.1, -0.05) is 7.43 Å². The molecule has 1 N–H and O–H groups in total. The number of carbonyl (C=O) groups is 1. The maximum absolute atomic E-state index is 11.7. The number of aromatic nitrogens is 1. The summed E-state index contributed by atoms with van der Waals surface area (Å²) in [6.45, 7) is 3.19. The zero-order valence-corrected chi connectivity index (χ0v) is 8.57. The second-order valence-electron chi connectivity index (χ2n) is 3.17. The molecule has 1 heterocycles. The molecule has 0 aliphatic heterocycles. The fourth-order valence-electron chi connectivity index (χ4n) is 1.20. The fourth-order valence-corrected chi connectivity index (χ4v) is 1.20. The Hall–Kier alpha value is -1.58. The van der Waals surface area contributed by atoms with E-state index in [9.17, 15) is 9.59 Å². The molecule has 0 amide bonds. The van der Waals surface area contributed by atoms with E-state index in [1.165, 1.54) is 11.5 Å². The van der Waals surface area contributed by atoms with E-state index in [-0.39, 0.29) is 18.8 Å². The van der Waals surface area contributed by atoms with Gasteiger partial charge in [0.15, 0.2) is 5.78 Å². The quantitative estimate of drug-likeness (QED) is 0.825. The molecule has 84 valence electrons. The summed E-state index contributed by atoms with van der Waals surface area (Å²) in [4.78, 5) is 22.8. The summed E-state index contributed by atoms with van der Waals surface area (Å²) in [5.41, 5.74) is 0.332. The van der Waals surface area contributed by atoms with Crippen molar-refractivity contribution in [2.24, 2.45) is 0 Å². The second kappa shape index (κ2) is 5.34. The first-order valence-corrected chi connectivity index (χ1v) is 4.47. The number of carbonyl (C=O) groups excluding carboxylic acids is 1. The van der Waals surface area contributed by atoms with Crippen LogP contribution in [0, 0.1) is 0 Å². The highest BCUT2D eigenvalue weighted by Crippen LogP contribution is 2.05. The number of anilines is 1. The Kier molecular flexibility index (Phi) is 4.78. The molecule has 15 heavy (non-hydrogen) atoms.